The second kappa shape index (κ2) is 3.51. The van der Waals surface area contributed by atoms with Gasteiger partial charge in [-0.3, -0.25) is 0 Å². The molecule has 0 N–H and O–H groups in total. The third kappa shape index (κ3) is 1.62. The summed E-state index contributed by atoms with van der Waals surface area (Å²) >= 11 is 1.85. The minimum absolute atomic E-state index is 0.0654. The summed E-state index contributed by atoms with van der Waals surface area (Å²) in [7, 11) is 0. The number of fused-ring (bicyclic) bond motifs is 1. The maximum absolute atomic E-state index is 6.99. The molecule has 0 bridgehead atoms. The van der Waals surface area contributed by atoms with Gasteiger partial charge in [-0.05, 0) is 37.3 Å². The monoisotopic (exact) mass is 191 g/mol. The zero-order valence-corrected chi connectivity index (χ0v) is 8.66. The number of hydrogen-bond donors (Lipinski definition) is 0. The number of hydrogen-bond acceptors (Lipinski definition) is 1. The van der Waals surface area contributed by atoms with E-state index in [1.165, 1.54) is 41.0 Å². The largest absolute Gasteiger partial charge is 0.308 e. The van der Waals surface area contributed by atoms with E-state index in [1.807, 2.05) is 18.3 Å². The van der Waals surface area contributed by atoms with Crippen LogP contribution in [0.4, 0.5) is 0 Å². The van der Waals surface area contributed by atoms with Crippen LogP contribution in [0.15, 0.2) is 6.07 Å². The van der Waals surface area contributed by atoms with E-state index < -0.39 is 0 Å². The van der Waals surface area contributed by atoms with Crippen LogP contribution >= 0.6 is 11.3 Å². The molecule has 1 aromatic heterocycles. The first-order valence-electron chi connectivity index (χ1n) is 4.79. The second-order valence-electron chi connectivity index (χ2n) is 3.61. The molecular weight excluding hydrogens is 178 g/mol. The normalized spacial score (nSPS) is 17.5. The van der Waals surface area contributed by atoms with E-state index in [2.05, 4.69) is 10.9 Å². The third-order valence-electron chi connectivity index (χ3n) is 2.62. The average molecular weight is 191 g/mol. The van der Waals surface area contributed by atoms with E-state index in [-0.39, 0.29) is 6.04 Å². The van der Waals surface area contributed by atoms with Gasteiger partial charge < -0.3 is 4.85 Å². The number of rotatable bonds is 1. The summed E-state index contributed by atoms with van der Waals surface area (Å²) in [6.07, 6.45) is 5.14. The lowest BCUT2D eigenvalue weighted by molar-refractivity contribution is 0.697. The first-order chi connectivity index (χ1) is 6.31. The molecule has 1 atom stereocenters. The number of aryl methyl sites for hydroxylation is 2. The van der Waals surface area contributed by atoms with Crippen molar-refractivity contribution in [2.24, 2.45) is 0 Å². The summed E-state index contributed by atoms with van der Waals surface area (Å²) in [5, 5.41) is 0. The van der Waals surface area contributed by atoms with Crippen LogP contribution in [-0.2, 0) is 12.8 Å². The highest BCUT2D eigenvalue weighted by atomic mass is 32.1. The van der Waals surface area contributed by atoms with Gasteiger partial charge in [-0.1, -0.05) is 0 Å². The van der Waals surface area contributed by atoms with Gasteiger partial charge in [0.05, 0.1) is 4.88 Å². The van der Waals surface area contributed by atoms with Crippen LogP contribution in [0.2, 0.25) is 0 Å². The Morgan fingerprint density at radius 3 is 2.92 bits per heavy atom. The zero-order chi connectivity index (χ0) is 9.26. The predicted molar refractivity (Wildman–Crippen MR) is 56.0 cm³/mol. The molecule has 13 heavy (non-hydrogen) atoms. The van der Waals surface area contributed by atoms with Gasteiger partial charge >= 0.3 is 0 Å². The molecule has 0 fully saturated rings. The SMILES string of the molecule is [C-]#[N+]C(C)c1cc2c(s1)CCCC2. The summed E-state index contributed by atoms with van der Waals surface area (Å²) in [4.78, 5) is 6.37. The maximum Gasteiger partial charge on any atom is 0.254 e. The first-order valence-corrected chi connectivity index (χ1v) is 5.61. The van der Waals surface area contributed by atoms with Gasteiger partial charge in [-0.15, -0.1) is 11.3 Å². The molecule has 1 aliphatic rings. The molecule has 1 aliphatic carbocycles. The van der Waals surface area contributed by atoms with E-state index in [1.54, 1.807) is 0 Å². The molecule has 2 rings (SSSR count). The van der Waals surface area contributed by atoms with Crippen molar-refractivity contribution < 1.29 is 0 Å². The lowest BCUT2D eigenvalue weighted by Gasteiger charge is -2.08. The van der Waals surface area contributed by atoms with Crippen molar-refractivity contribution in [1.29, 1.82) is 0 Å². The van der Waals surface area contributed by atoms with E-state index in [4.69, 9.17) is 6.57 Å². The first kappa shape index (κ1) is 8.77. The molecule has 0 amide bonds. The quantitative estimate of drug-likeness (QED) is 0.597. The molecule has 0 aromatic carbocycles. The Balaban J connectivity index is 2.31. The smallest absolute Gasteiger partial charge is 0.254 e. The van der Waals surface area contributed by atoms with Crippen molar-refractivity contribution in [3.05, 3.63) is 32.8 Å². The highest BCUT2D eigenvalue weighted by Gasteiger charge is 2.18. The Morgan fingerprint density at radius 2 is 2.23 bits per heavy atom. The summed E-state index contributed by atoms with van der Waals surface area (Å²) in [6, 6.07) is 2.32. The van der Waals surface area contributed by atoms with Crippen molar-refractivity contribution in [1.82, 2.24) is 0 Å². The number of nitrogens with zero attached hydrogens (tertiary/aromatic N) is 1. The van der Waals surface area contributed by atoms with Gasteiger partial charge in [-0.25, -0.2) is 6.57 Å². The molecule has 1 heterocycles. The van der Waals surface area contributed by atoms with Crippen molar-refractivity contribution in [3.8, 4) is 0 Å². The van der Waals surface area contributed by atoms with Gasteiger partial charge in [0.15, 0.2) is 0 Å². The summed E-state index contributed by atoms with van der Waals surface area (Å²) in [6.45, 7) is 8.98. The van der Waals surface area contributed by atoms with Crippen LogP contribution in [0.25, 0.3) is 4.85 Å². The van der Waals surface area contributed by atoms with Gasteiger partial charge in [0.2, 0.25) is 0 Å². The Morgan fingerprint density at radius 1 is 1.46 bits per heavy atom. The van der Waals surface area contributed by atoms with E-state index >= 15 is 0 Å². The Bertz CT molecular complexity index is 322. The van der Waals surface area contributed by atoms with Crippen molar-refractivity contribution in [2.45, 2.75) is 38.6 Å². The third-order valence-corrected chi connectivity index (χ3v) is 4.03. The average Bonchev–Trinajstić information content (AvgIpc) is 2.59. The molecule has 0 saturated heterocycles. The van der Waals surface area contributed by atoms with Crippen molar-refractivity contribution in [2.75, 3.05) is 0 Å². The van der Waals surface area contributed by atoms with Crippen LogP contribution in [0.1, 0.15) is 41.1 Å². The lowest BCUT2D eigenvalue weighted by atomic mass is 9.99. The van der Waals surface area contributed by atoms with Gasteiger partial charge in [-0.2, -0.15) is 0 Å². The van der Waals surface area contributed by atoms with Gasteiger partial charge in [0.25, 0.3) is 6.04 Å². The zero-order valence-electron chi connectivity index (χ0n) is 7.84. The molecule has 0 saturated carbocycles. The minimum atomic E-state index is 0.0654. The summed E-state index contributed by atoms with van der Waals surface area (Å²) in [5.41, 5.74) is 1.52. The summed E-state index contributed by atoms with van der Waals surface area (Å²) in [5.74, 6) is 0. The molecule has 0 radical (unpaired) electrons. The van der Waals surface area contributed by atoms with Gasteiger partial charge in [0.1, 0.15) is 0 Å². The molecule has 1 aromatic rings. The van der Waals surface area contributed by atoms with E-state index in [9.17, 15) is 0 Å². The molecule has 2 heteroatoms. The molecule has 0 spiro atoms. The van der Waals surface area contributed by atoms with Crippen LogP contribution in [0.5, 0.6) is 0 Å². The molecule has 1 nitrogen and oxygen atoms in total. The molecule has 0 aliphatic heterocycles. The molecule has 1 unspecified atom stereocenters. The topological polar surface area (TPSA) is 4.36 Å². The Labute approximate surface area is 83.2 Å². The van der Waals surface area contributed by atoms with Crippen LogP contribution in [-0.4, -0.2) is 0 Å². The van der Waals surface area contributed by atoms with Crippen LogP contribution < -0.4 is 0 Å². The highest BCUT2D eigenvalue weighted by molar-refractivity contribution is 7.12. The van der Waals surface area contributed by atoms with Crippen molar-refractivity contribution >= 4 is 11.3 Å². The van der Waals surface area contributed by atoms with E-state index in [0.29, 0.717) is 0 Å². The lowest BCUT2D eigenvalue weighted by Crippen LogP contribution is -1.96. The molecular formula is C11H13NS. The van der Waals surface area contributed by atoms with Crippen LogP contribution in [0.3, 0.4) is 0 Å². The number of thiophene rings is 1. The fraction of sp³-hybridized carbons (Fsp3) is 0.545. The van der Waals surface area contributed by atoms with E-state index in [0.717, 1.165) is 0 Å². The van der Waals surface area contributed by atoms with Crippen LogP contribution in [0, 0.1) is 6.57 Å². The molecule has 68 valence electrons. The fourth-order valence-electron chi connectivity index (χ4n) is 1.78. The Kier molecular flexibility index (Phi) is 2.37. The Hall–Kier alpha value is -0.810. The highest BCUT2D eigenvalue weighted by Crippen LogP contribution is 2.33. The standard InChI is InChI=1S/C11H13NS/c1-8(12-2)11-7-9-5-3-4-6-10(9)13-11/h7-8H,3-6H2,1H3. The second-order valence-corrected chi connectivity index (χ2v) is 4.78. The fourth-order valence-corrected chi connectivity index (χ4v) is 3.03. The summed E-state index contributed by atoms with van der Waals surface area (Å²) < 4.78 is 0. The minimum Gasteiger partial charge on any atom is -0.308 e. The maximum atomic E-state index is 6.99. The van der Waals surface area contributed by atoms with Gasteiger partial charge in [0, 0.05) is 11.8 Å². The van der Waals surface area contributed by atoms with Crippen molar-refractivity contribution in [3.63, 3.8) is 0 Å². The predicted octanol–water partition coefficient (Wildman–Crippen LogP) is 3.61.